The van der Waals surface area contributed by atoms with Crippen molar-refractivity contribution in [1.29, 1.82) is 0 Å². The van der Waals surface area contributed by atoms with E-state index in [-0.39, 0.29) is 10.8 Å². The van der Waals surface area contributed by atoms with Crippen molar-refractivity contribution < 1.29 is 9.18 Å². The largest absolute Gasteiger partial charge is 0.289 e. The zero-order valence-electron chi connectivity index (χ0n) is 9.91. The molecule has 0 heterocycles. The molecule has 0 saturated heterocycles. The molecule has 18 heavy (non-hydrogen) atoms. The SMILES string of the molecule is CCc1cccc(C(=O)c2ccc(F)c(Cl)c2)c1. The Bertz CT molecular complexity index is 593. The van der Waals surface area contributed by atoms with Gasteiger partial charge in [-0.2, -0.15) is 0 Å². The van der Waals surface area contributed by atoms with E-state index < -0.39 is 5.82 Å². The molecular weight excluding hydrogens is 251 g/mol. The molecule has 0 aliphatic rings. The van der Waals surface area contributed by atoms with Gasteiger partial charge in [0.15, 0.2) is 5.78 Å². The van der Waals surface area contributed by atoms with E-state index in [1.54, 1.807) is 6.07 Å². The quantitative estimate of drug-likeness (QED) is 0.755. The van der Waals surface area contributed by atoms with Crippen molar-refractivity contribution in [3.63, 3.8) is 0 Å². The lowest BCUT2D eigenvalue weighted by Crippen LogP contribution is -2.02. The second kappa shape index (κ2) is 5.32. The summed E-state index contributed by atoms with van der Waals surface area (Å²) >= 11 is 5.68. The molecule has 0 aliphatic heterocycles. The third-order valence-electron chi connectivity index (χ3n) is 2.78. The second-order valence-electron chi connectivity index (χ2n) is 4.01. The van der Waals surface area contributed by atoms with Crippen molar-refractivity contribution in [3.8, 4) is 0 Å². The van der Waals surface area contributed by atoms with Crippen LogP contribution in [0.4, 0.5) is 4.39 Å². The van der Waals surface area contributed by atoms with Crippen LogP contribution in [0, 0.1) is 5.82 Å². The van der Waals surface area contributed by atoms with Crippen LogP contribution in [0.2, 0.25) is 5.02 Å². The molecule has 0 fully saturated rings. The first-order valence-corrected chi connectivity index (χ1v) is 6.08. The fraction of sp³-hybridized carbons (Fsp3) is 0.133. The molecule has 0 aliphatic carbocycles. The van der Waals surface area contributed by atoms with Crippen molar-refractivity contribution in [1.82, 2.24) is 0 Å². The van der Waals surface area contributed by atoms with Crippen molar-refractivity contribution in [2.75, 3.05) is 0 Å². The summed E-state index contributed by atoms with van der Waals surface area (Å²) in [6.45, 7) is 2.03. The number of benzene rings is 2. The van der Waals surface area contributed by atoms with E-state index in [1.165, 1.54) is 18.2 Å². The van der Waals surface area contributed by atoms with Gasteiger partial charge < -0.3 is 0 Å². The van der Waals surface area contributed by atoms with Gasteiger partial charge in [-0.1, -0.05) is 36.7 Å². The number of aryl methyl sites for hydroxylation is 1. The van der Waals surface area contributed by atoms with E-state index in [0.717, 1.165) is 12.0 Å². The van der Waals surface area contributed by atoms with Gasteiger partial charge in [0, 0.05) is 11.1 Å². The summed E-state index contributed by atoms with van der Waals surface area (Å²) in [5.74, 6) is -0.664. The van der Waals surface area contributed by atoms with Crippen LogP contribution in [0.1, 0.15) is 28.4 Å². The number of hydrogen-bond acceptors (Lipinski definition) is 1. The van der Waals surface area contributed by atoms with Crippen LogP contribution in [0.3, 0.4) is 0 Å². The zero-order chi connectivity index (χ0) is 13.1. The maximum absolute atomic E-state index is 13.0. The van der Waals surface area contributed by atoms with Gasteiger partial charge in [-0.05, 0) is 36.2 Å². The highest BCUT2D eigenvalue weighted by molar-refractivity contribution is 6.31. The first-order chi connectivity index (χ1) is 8.61. The summed E-state index contributed by atoms with van der Waals surface area (Å²) in [5.41, 5.74) is 2.08. The number of rotatable bonds is 3. The lowest BCUT2D eigenvalue weighted by atomic mass is 10.0. The Morgan fingerprint density at radius 3 is 2.56 bits per heavy atom. The lowest BCUT2D eigenvalue weighted by Gasteiger charge is -2.04. The van der Waals surface area contributed by atoms with Crippen LogP contribution in [0.25, 0.3) is 0 Å². The minimum Gasteiger partial charge on any atom is -0.289 e. The monoisotopic (exact) mass is 262 g/mol. The predicted octanol–water partition coefficient (Wildman–Crippen LogP) is 4.27. The third-order valence-corrected chi connectivity index (χ3v) is 3.07. The van der Waals surface area contributed by atoms with E-state index in [2.05, 4.69) is 0 Å². The van der Waals surface area contributed by atoms with Gasteiger partial charge in [0.2, 0.25) is 0 Å². The molecule has 92 valence electrons. The standard InChI is InChI=1S/C15H12ClFO/c1-2-10-4-3-5-11(8-10)15(18)12-6-7-14(17)13(16)9-12/h3-9H,2H2,1H3. The maximum atomic E-state index is 13.0. The fourth-order valence-corrected chi connectivity index (χ4v) is 1.92. The Morgan fingerprint density at radius 1 is 1.17 bits per heavy atom. The molecule has 0 unspecified atom stereocenters. The molecule has 0 atom stereocenters. The summed E-state index contributed by atoms with van der Waals surface area (Å²) in [7, 11) is 0. The fourth-order valence-electron chi connectivity index (χ4n) is 1.74. The van der Waals surface area contributed by atoms with Gasteiger partial charge in [0.05, 0.1) is 5.02 Å². The van der Waals surface area contributed by atoms with Gasteiger partial charge in [-0.25, -0.2) is 4.39 Å². The molecule has 0 saturated carbocycles. The topological polar surface area (TPSA) is 17.1 Å². The van der Waals surface area contributed by atoms with Gasteiger partial charge in [0.1, 0.15) is 5.82 Å². The van der Waals surface area contributed by atoms with E-state index >= 15 is 0 Å². The molecule has 0 spiro atoms. The maximum Gasteiger partial charge on any atom is 0.193 e. The number of carbonyl (C=O) groups excluding carboxylic acids is 1. The van der Waals surface area contributed by atoms with Gasteiger partial charge in [-0.3, -0.25) is 4.79 Å². The van der Waals surface area contributed by atoms with Crippen molar-refractivity contribution in [2.24, 2.45) is 0 Å². The van der Waals surface area contributed by atoms with E-state index in [0.29, 0.717) is 11.1 Å². The van der Waals surface area contributed by atoms with E-state index in [4.69, 9.17) is 11.6 Å². The summed E-state index contributed by atoms with van der Waals surface area (Å²) in [6.07, 6.45) is 0.866. The molecule has 2 rings (SSSR count). The second-order valence-corrected chi connectivity index (χ2v) is 4.42. The number of halogens is 2. The highest BCUT2D eigenvalue weighted by atomic mass is 35.5. The molecule has 2 aromatic carbocycles. The predicted molar refractivity (Wildman–Crippen MR) is 70.7 cm³/mol. The highest BCUT2D eigenvalue weighted by Crippen LogP contribution is 2.19. The minimum atomic E-state index is -0.518. The van der Waals surface area contributed by atoms with Gasteiger partial charge in [0.25, 0.3) is 0 Å². The molecule has 0 radical (unpaired) electrons. The van der Waals surface area contributed by atoms with Crippen LogP contribution in [-0.4, -0.2) is 5.78 Å². The van der Waals surface area contributed by atoms with Crippen LogP contribution < -0.4 is 0 Å². The smallest absolute Gasteiger partial charge is 0.193 e. The lowest BCUT2D eigenvalue weighted by molar-refractivity contribution is 0.103. The molecule has 0 N–H and O–H groups in total. The first kappa shape index (κ1) is 12.8. The molecule has 0 bridgehead atoms. The van der Waals surface area contributed by atoms with E-state index in [9.17, 15) is 9.18 Å². The Balaban J connectivity index is 2.38. The van der Waals surface area contributed by atoms with E-state index in [1.807, 2.05) is 25.1 Å². The molecule has 2 aromatic rings. The van der Waals surface area contributed by atoms with Crippen LogP contribution in [0.15, 0.2) is 42.5 Å². The van der Waals surface area contributed by atoms with Crippen LogP contribution in [0.5, 0.6) is 0 Å². The summed E-state index contributed by atoms with van der Waals surface area (Å²) in [6, 6.07) is 11.4. The van der Waals surface area contributed by atoms with Crippen molar-refractivity contribution in [3.05, 3.63) is 70.0 Å². The van der Waals surface area contributed by atoms with Crippen molar-refractivity contribution >= 4 is 17.4 Å². The van der Waals surface area contributed by atoms with Crippen LogP contribution in [-0.2, 0) is 6.42 Å². The molecule has 0 aromatic heterocycles. The average Bonchev–Trinajstić information content (AvgIpc) is 2.41. The Kier molecular flexibility index (Phi) is 3.78. The molecular formula is C15H12ClFO. The third kappa shape index (κ3) is 2.59. The van der Waals surface area contributed by atoms with Crippen LogP contribution >= 0.6 is 11.6 Å². The first-order valence-electron chi connectivity index (χ1n) is 5.70. The molecule has 0 amide bonds. The minimum absolute atomic E-state index is 0.0347. The Hall–Kier alpha value is -1.67. The summed E-state index contributed by atoms with van der Waals surface area (Å²) in [4.78, 5) is 12.2. The average molecular weight is 263 g/mol. The normalized spacial score (nSPS) is 10.4. The Labute approximate surface area is 110 Å². The van der Waals surface area contributed by atoms with Gasteiger partial charge >= 0.3 is 0 Å². The van der Waals surface area contributed by atoms with Gasteiger partial charge in [-0.15, -0.1) is 0 Å². The number of ketones is 1. The zero-order valence-corrected chi connectivity index (χ0v) is 10.7. The summed E-state index contributed by atoms with van der Waals surface area (Å²) < 4.78 is 13.0. The highest BCUT2D eigenvalue weighted by Gasteiger charge is 2.11. The molecule has 3 heteroatoms. The Morgan fingerprint density at radius 2 is 1.89 bits per heavy atom. The number of hydrogen-bond donors (Lipinski definition) is 0. The molecule has 1 nitrogen and oxygen atoms in total. The summed E-state index contributed by atoms with van der Waals surface area (Å²) in [5, 5.41) is -0.0347. The van der Waals surface area contributed by atoms with Crippen molar-refractivity contribution in [2.45, 2.75) is 13.3 Å². The number of carbonyl (C=O) groups is 1.